The summed E-state index contributed by atoms with van der Waals surface area (Å²) in [6.45, 7) is 0. The SMILES string of the molecule is O=C1/C(=C/c2ccc(Cl)c(Cl)c2)C(Br)c2ccccc21. The standard InChI is InChI=1S/C16H9BrCl2O/c17-15-10-3-1-2-4-11(10)16(20)12(15)7-9-5-6-13(18)14(19)8-9/h1-8,15H/b12-7+. The van der Waals surface area contributed by atoms with Crippen LogP contribution in [0.5, 0.6) is 0 Å². The number of rotatable bonds is 1. The molecule has 3 rings (SSSR count). The Bertz CT molecular complexity index is 737. The van der Waals surface area contributed by atoms with E-state index in [1.807, 2.05) is 36.4 Å². The molecule has 4 heteroatoms. The van der Waals surface area contributed by atoms with Crippen LogP contribution < -0.4 is 0 Å². The van der Waals surface area contributed by atoms with Crippen molar-refractivity contribution in [2.24, 2.45) is 0 Å². The van der Waals surface area contributed by atoms with Gasteiger partial charge >= 0.3 is 0 Å². The molecule has 0 amide bonds. The molecule has 100 valence electrons. The van der Waals surface area contributed by atoms with E-state index in [0.717, 1.165) is 16.7 Å². The zero-order valence-corrected chi connectivity index (χ0v) is 13.3. The van der Waals surface area contributed by atoms with Gasteiger partial charge in [-0.15, -0.1) is 0 Å². The molecule has 0 saturated carbocycles. The molecule has 1 nitrogen and oxygen atoms in total. The van der Waals surface area contributed by atoms with Crippen LogP contribution in [0, 0.1) is 0 Å². The summed E-state index contributed by atoms with van der Waals surface area (Å²) in [4.78, 5) is 12.3. The lowest BCUT2D eigenvalue weighted by atomic mass is 10.1. The van der Waals surface area contributed by atoms with E-state index >= 15 is 0 Å². The van der Waals surface area contributed by atoms with E-state index in [9.17, 15) is 4.79 Å². The number of allylic oxidation sites excluding steroid dienone is 1. The van der Waals surface area contributed by atoms with E-state index in [1.54, 1.807) is 12.1 Å². The fourth-order valence-corrected chi connectivity index (χ4v) is 3.33. The van der Waals surface area contributed by atoms with Gasteiger partial charge in [-0.1, -0.05) is 69.5 Å². The van der Waals surface area contributed by atoms with Crippen molar-refractivity contribution in [2.45, 2.75) is 4.83 Å². The van der Waals surface area contributed by atoms with Gasteiger partial charge in [-0.2, -0.15) is 0 Å². The van der Waals surface area contributed by atoms with Crippen molar-refractivity contribution in [3.8, 4) is 0 Å². The van der Waals surface area contributed by atoms with E-state index in [1.165, 1.54) is 0 Å². The highest BCUT2D eigenvalue weighted by atomic mass is 79.9. The van der Waals surface area contributed by atoms with Gasteiger partial charge in [0, 0.05) is 11.1 Å². The predicted octanol–water partition coefficient (Wildman–Crippen LogP) is 5.71. The van der Waals surface area contributed by atoms with Crippen LogP contribution in [-0.2, 0) is 0 Å². The van der Waals surface area contributed by atoms with Gasteiger partial charge in [-0.25, -0.2) is 0 Å². The third-order valence-electron chi connectivity index (χ3n) is 3.28. The highest BCUT2D eigenvalue weighted by Gasteiger charge is 2.32. The van der Waals surface area contributed by atoms with Crippen LogP contribution in [0.3, 0.4) is 0 Å². The summed E-state index contributed by atoms with van der Waals surface area (Å²) >= 11 is 15.5. The van der Waals surface area contributed by atoms with Gasteiger partial charge in [0.15, 0.2) is 5.78 Å². The monoisotopic (exact) mass is 366 g/mol. The maximum absolute atomic E-state index is 12.4. The molecular formula is C16H9BrCl2O. The van der Waals surface area contributed by atoms with Gasteiger partial charge in [-0.05, 0) is 29.3 Å². The van der Waals surface area contributed by atoms with Crippen LogP contribution in [0.2, 0.25) is 10.0 Å². The quantitative estimate of drug-likeness (QED) is 0.466. The van der Waals surface area contributed by atoms with E-state index in [4.69, 9.17) is 23.2 Å². The molecule has 1 aliphatic carbocycles. The second-order valence-electron chi connectivity index (χ2n) is 4.55. The third kappa shape index (κ3) is 2.32. The minimum atomic E-state index is -0.0827. The lowest BCUT2D eigenvalue weighted by Crippen LogP contribution is -1.95. The number of Topliss-reactive ketones (excluding diaryl/α,β-unsaturated/α-hetero) is 1. The van der Waals surface area contributed by atoms with Gasteiger partial charge in [0.05, 0.1) is 14.9 Å². The number of hydrogen-bond acceptors (Lipinski definition) is 1. The number of fused-ring (bicyclic) bond motifs is 1. The summed E-state index contributed by atoms with van der Waals surface area (Å²) in [7, 11) is 0. The van der Waals surface area contributed by atoms with Gasteiger partial charge in [0.2, 0.25) is 0 Å². The van der Waals surface area contributed by atoms with E-state index in [0.29, 0.717) is 15.6 Å². The first-order valence-electron chi connectivity index (χ1n) is 6.02. The number of carbonyl (C=O) groups excluding carboxylic acids is 1. The number of hydrogen-bond donors (Lipinski definition) is 0. The summed E-state index contributed by atoms with van der Waals surface area (Å²) in [5.74, 6) is 0.0496. The molecule has 0 aliphatic heterocycles. The first kappa shape index (κ1) is 13.9. The Labute approximate surface area is 135 Å². The minimum Gasteiger partial charge on any atom is -0.289 e. The van der Waals surface area contributed by atoms with Crippen molar-refractivity contribution < 1.29 is 4.79 Å². The van der Waals surface area contributed by atoms with Crippen molar-refractivity contribution in [3.05, 3.63) is 74.8 Å². The molecule has 1 unspecified atom stereocenters. The number of alkyl halides is 1. The molecule has 20 heavy (non-hydrogen) atoms. The number of halogens is 3. The van der Waals surface area contributed by atoms with Crippen molar-refractivity contribution >= 4 is 51.0 Å². The molecular weight excluding hydrogens is 359 g/mol. The first-order chi connectivity index (χ1) is 9.58. The lowest BCUT2D eigenvalue weighted by Gasteiger charge is -2.04. The molecule has 1 aliphatic rings. The average Bonchev–Trinajstić information content (AvgIpc) is 2.69. The van der Waals surface area contributed by atoms with Crippen LogP contribution in [0.25, 0.3) is 6.08 Å². The summed E-state index contributed by atoms with van der Waals surface area (Å²) in [6.07, 6.45) is 1.85. The van der Waals surface area contributed by atoms with E-state index < -0.39 is 0 Å². The van der Waals surface area contributed by atoms with Gasteiger partial charge in [-0.3, -0.25) is 4.79 Å². The highest BCUT2D eigenvalue weighted by Crippen LogP contribution is 2.42. The van der Waals surface area contributed by atoms with Crippen LogP contribution >= 0.6 is 39.1 Å². The summed E-state index contributed by atoms with van der Waals surface area (Å²) in [5.41, 5.74) is 3.33. The first-order valence-corrected chi connectivity index (χ1v) is 7.69. The maximum Gasteiger partial charge on any atom is 0.190 e. The summed E-state index contributed by atoms with van der Waals surface area (Å²) in [5, 5.41) is 0.986. The molecule has 0 radical (unpaired) electrons. The van der Waals surface area contributed by atoms with E-state index in [-0.39, 0.29) is 10.6 Å². The topological polar surface area (TPSA) is 17.1 Å². The van der Waals surface area contributed by atoms with Gasteiger partial charge in [0.25, 0.3) is 0 Å². The molecule has 0 bridgehead atoms. The second kappa shape index (κ2) is 5.36. The minimum absolute atomic E-state index is 0.0496. The molecule has 2 aromatic carbocycles. The Morgan fingerprint density at radius 1 is 1.05 bits per heavy atom. The van der Waals surface area contributed by atoms with Crippen molar-refractivity contribution in [1.29, 1.82) is 0 Å². The zero-order valence-electron chi connectivity index (χ0n) is 10.2. The van der Waals surface area contributed by atoms with Crippen LogP contribution in [0.1, 0.15) is 26.3 Å². The van der Waals surface area contributed by atoms with Crippen LogP contribution in [0.15, 0.2) is 48.0 Å². The number of carbonyl (C=O) groups is 1. The Kier molecular flexibility index (Phi) is 3.72. The maximum atomic E-state index is 12.4. The average molecular weight is 368 g/mol. The van der Waals surface area contributed by atoms with Crippen LogP contribution in [0.4, 0.5) is 0 Å². The van der Waals surface area contributed by atoms with Crippen LogP contribution in [-0.4, -0.2) is 5.78 Å². The van der Waals surface area contributed by atoms with Gasteiger partial charge in [0.1, 0.15) is 0 Å². The fraction of sp³-hybridized carbons (Fsp3) is 0.0625. The van der Waals surface area contributed by atoms with Gasteiger partial charge < -0.3 is 0 Å². The van der Waals surface area contributed by atoms with Crippen molar-refractivity contribution in [2.75, 3.05) is 0 Å². The third-order valence-corrected chi connectivity index (χ3v) is 5.01. The number of ketones is 1. The molecule has 0 spiro atoms. The molecule has 0 N–H and O–H groups in total. The smallest absolute Gasteiger partial charge is 0.190 e. The van der Waals surface area contributed by atoms with E-state index in [2.05, 4.69) is 15.9 Å². The molecule has 0 saturated heterocycles. The zero-order chi connectivity index (χ0) is 14.3. The lowest BCUT2D eigenvalue weighted by molar-refractivity contribution is 0.104. The molecule has 0 aromatic heterocycles. The Balaban J connectivity index is 2.05. The molecule has 0 heterocycles. The highest BCUT2D eigenvalue weighted by molar-refractivity contribution is 9.09. The molecule has 2 aromatic rings. The largest absolute Gasteiger partial charge is 0.289 e. The second-order valence-corrected chi connectivity index (χ2v) is 6.28. The predicted molar refractivity (Wildman–Crippen MR) is 86.9 cm³/mol. The molecule has 0 fully saturated rings. The fourth-order valence-electron chi connectivity index (χ4n) is 2.28. The Hall–Kier alpha value is -1.09. The normalized spacial score (nSPS) is 19.4. The summed E-state index contributed by atoms with van der Waals surface area (Å²) in [6, 6.07) is 12.9. The molecule has 1 atom stereocenters. The summed E-state index contributed by atoms with van der Waals surface area (Å²) < 4.78 is 0. The Morgan fingerprint density at radius 3 is 2.50 bits per heavy atom. The number of benzene rings is 2. The van der Waals surface area contributed by atoms with Crippen molar-refractivity contribution in [1.82, 2.24) is 0 Å². The Morgan fingerprint density at radius 2 is 1.80 bits per heavy atom. The van der Waals surface area contributed by atoms with Crippen molar-refractivity contribution in [3.63, 3.8) is 0 Å².